The van der Waals surface area contributed by atoms with Crippen LogP contribution < -0.4 is 5.73 Å². The maximum absolute atomic E-state index is 13.9. The number of nitrogen functional groups attached to an aromatic ring is 1. The Morgan fingerprint density at radius 3 is 2.86 bits per heavy atom. The number of nitrogens with two attached hydrogens (primary N) is 1. The number of piperidine rings is 1. The Balaban J connectivity index is 2.02. The minimum absolute atomic E-state index is 0.0628. The molecule has 5 heteroatoms. The number of hydrogen-bond donors (Lipinski definition) is 1. The van der Waals surface area contributed by atoms with E-state index in [4.69, 9.17) is 5.73 Å². The third-order valence-corrected chi connectivity index (χ3v) is 5.43. The van der Waals surface area contributed by atoms with Crippen molar-refractivity contribution in [3.8, 4) is 0 Å². The van der Waals surface area contributed by atoms with Gasteiger partial charge in [-0.25, -0.2) is 4.39 Å². The smallest absolute Gasteiger partial charge is 0.266 e. The lowest BCUT2D eigenvalue weighted by Gasteiger charge is -2.36. The SMILES string of the molecule is CC1CCC(C)N(C(=O)c2sc3cccc(F)c3c2N)C1. The molecule has 112 valence electrons. The van der Waals surface area contributed by atoms with Gasteiger partial charge in [-0.15, -0.1) is 11.3 Å². The molecule has 2 atom stereocenters. The van der Waals surface area contributed by atoms with Crippen LogP contribution in [0.25, 0.3) is 10.1 Å². The molecule has 3 rings (SSSR count). The minimum atomic E-state index is -0.361. The van der Waals surface area contributed by atoms with Gasteiger partial charge in [-0.2, -0.15) is 0 Å². The fourth-order valence-corrected chi connectivity index (χ4v) is 4.08. The highest BCUT2D eigenvalue weighted by Gasteiger charge is 2.30. The summed E-state index contributed by atoms with van der Waals surface area (Å²) in [5.74, 6) is 0.0741. The predicted molar refractivity (Wildman–Crippen MR) is 85.1 cm³/mol. The number of nitrogens with zero attached hydrogens (tertiary/aromatic N) is 1. The monoisotopic (exact) mass is 306 g/mol. The number of benzene rings is 1. The second kappa shape index (κ2) is 5.30. The van der Waals surface area contributed by atoms with E-state index in [9.17, 15) is 9.18 Å². The molecule has 0 saturated carbocycles. The molecule has 1 aliphatic heterocycles. The van der Waals surface area contributed by atoms with Gasteiger partial charge in [0.05, 0.1) is 11.1 Å². The summed E-state index contributed by atoms with van der Waals surface area (Å²) < 4.78 is 14.6. The van der Waals surface area contributed by atoms with Crippen LogP contribution >= 0.6 is 11.3 Å². The molecule has 3 nitrogen and oxygen atoms in total. The van der Waals surface area contributed by atoms with Crippen LogP contribution in [0.3, 0.4) is 0 Å². The van der Waals surface area contributed by atoms with Crippen LogP contribution in [-0.4, -0.2) is 23.4 Å². The van der Waals surface area contributed by atoms with Crippen molar-refractivity contribution in [3.05, 3.63) is 28.9 Å². The van der Waals surface area contributed by atoms with E-state index >= 15 is 0 Å². The topological polar surface area (TPSA) is 46.3 Å². The maximum Gasteiger partial charge on any atom is 0.266 e. The molecular formula is C16H19FN2OS. The number of hydrogen-bond acceptors (Lipinski definition) is 3. The zero-order valence-corrected chi connectivity index (χ0v) is 13.0. The Kier molecular flexibility index (Phi) is 3.61. The Hall–Kier alpha value is -1.62. The van der Waals surface area contributed by atoms with Crippen molar-refractivity contribution >= 4 is 33.0 Å². The number of anilines is 1. The highest BCUT2D eigenvalue weighted by Crippen LogP contribution is 2.37. The van der Waals surface area contributed by atoms with Gasteiger partial charge in [-0.1, -0.05) is 13.0 Å². The number of rotatable bonds is 1. The van der Waals surface area contributed by atoms with Gasteiger partial charge >= 0.3 is 0 Å². The summed E-state index contributed by atoms with van der Waals surface area (Å²) in [6.45, 7) is 4.96. The van der Waals surface area contributed by atoms with Crippen molar-refractivity contribution in [2.75, 3.05) is 12.3 Å². The van der Waals surface area contributed by atoms with E-state index in [2.05, 4.69) is 13.8 Å². The average Bonchev–Trinajstić information content (AvgIpc) is 2.79. The van der Waals surface area contributed by atoms with Crippen molar-refractivity contribution in [2.45, 2.75) is 32.7 Å². The number of carbonyl (C=O) groups is 1. The van der Waals surface area contributed by atoms with E-state index in [-0.39, 0.29) is 23.5 Å². The predicted octanol–water partition coefficient (Wildman–Crippen LogP) is 3.88. The van der Waals surface area contributed by atoms with Gasteiger partial charge in [0.1, 0.15) is 10.7 Å². The summed E-state index contributed by atoms with van der Waals surface area (Å²) in [6.07, 6.45) is 2.15. The molecule has 1 aromatic carbocycles. The minimum Gasteiger partial charge on any atom is -0.397 e. The second-order valence-corrected chi connectivity index (χ2v) is 7.00. The van der Waals surface area contributed by atoms with Gasteiger partial charge < -0.3 is 10.6 Å². The Bertz CT molecular complexity index is 697. The van der Waals surface area contributed by atoms with Crippen LogP contribution in [0.4, 0.5) is 10.1 Å². The van der Waals surface area contributed by atoms with Gasteiger partial charge in [-0.05, 0) is 37.8 Å². The fraction of sp³-hybridized carbons (Fsp3) is 0.438. The molecule has 1 amide bonds. The van der Waals surface area contributed by atoms with Crippen LogP contribution in [0.2, 0.25) is 0 Å². The van der Waals surface area contributed by atoms with E-state index in [0.717, 1.165) is 24.1 Å². The molecule has 0 spiro atoms. The van der Waals surface area contributed by atoms with Crippen molar-refractivity contribution in [2.24, 2.45) is 5.92 Å². The zero-order chi connectivity index (χ0) is 15.1. The van der Waals surface area contributed by atoms with Gasteiger partial charge in [0.15, 0.2) is 0 Å². The number of thiophene rings is 1. The van der Waals surface area contributed by atoms with Gasteiger partial charge in [0, 0.05) is 17.3 Å². The van der Waals surface area contributed by atoms with Crippen molar-refractivity contribution in [1.82, 2.24) is 4.90 Å². The standard InChI is InChI=1S/C16H19FN2OS/c1-9-6-7-10(2)19(8-9)16(20)15-14(18)13-11(17)4-3-5-12(13)21-15/h3-5,9-10H,6-8,18H2,1-2H3. The summed E-state index contributed by atoms with van der Waals surface area (Å²) in [5, 5.41) is 0.378. The van der Waals surface area contributed by atoms with Crippen molar-refractivity contribution < 1.29 is 9.18 Å². The van der Waals surface area contributed by atoms with Gasteiger partial charge in [0.2, 0.25) is 0 Å². The first-order valence-electron chi connectivity index (χ1n) is 7.26. The molecule has 0 aliphatic carbocycles. The summed E-state index contributed by atoms with van der Waals surface area (Å²) >= 11 is 1.29. The summed E-state index contributed by atoms with van der Waals surface area (Å²) in [6, 6.07) is 5.04. The van der Waals surface area contributed by atoms with Crippen LogP contribution in [0.15, 0.2) is 18.2 Å². The number of likely N-dealkylation sites (tertiary alicyclic amines) is 1. The van der Waals surface area contributed by atoms with E-state index in [1.807, 2.05) is 4.90 Å². The summed E-state index contributed by atoms with van der Waals surface area (Å²) in [7, 11) is 0. The fourth-order valence-electron chi connectivity index (χ4n) is 2.99. The molecule has 1 aliphatic rings. The van der Waals surface area contributed by atoms with Crippen molar-refractivity contribution in [1.29, 1.82) is 0 Å². The molecule has 21 heavy (non-hydrogen) atoms. The molecule has 2 aromatic rings. The van der Waals surface area contributed by atoms with Gasteiger partial charge in [-0.3, -0.25) is 4.79 Å². The van der Waals surface area contributed by atoms with E-state index in [1.165, 1.54) is 17.4 Å². The highest BCUT2D eigenvalue weighted by molar-refractivity contribution is 7.21. The van der Waals surface area contributed by atoms with Crippen LogP contribution in [0, 0.1) is 11.7 Å². The van der Waals surface area contributed by atoms with Crippen LogP contribution in [-0.2, 0) is 0 Å². The largest absolute Gasteiger partial charge is 0.397 e. The quantitative estimate of drug-likeness (QED) is 0.869. The Morgan fingerprint density at radius 2 is 2.14 bits per heavy atom. The molecule has 1 saturated heterocycles. The van der Waals surface area contributed by atoms with E-state index < -0.39 is 0 Å². The first-order valence-corrected chi connectivity index (χ1v) is 8.08. The Labute approximate surface area is 127 Å². The Morgan fingerprint density at radius 1 is 1.38 bits per heavy atom. The summed E-state index contributed by atoms with van der Waals surface area (Å²) in [5.41, 5.74) is 6.33. The second-order valence-electron chi connectivity index (χ2n) is 5.95. The van der Waals surface area contributed by atoms with Crippen molar-refractivity contribution in [3.63, 3.8) is 0 Å². The lowest BCUT2D eigenvalue weighted by atomic mass is 9.95. The number of fused-ring (bicyclic) bond motifs is 1. The molecule has 2 N–H and O–H groups in total. The number of amides is 1. The van der Waals surface area contributed by atoms with Crippen LogP contribution in [0.1, 0.15) is 36.4 Å². The lowest BCUT2D eigenvalue weighted by molar-refractivity contribution is 0.0580. The number of halogens is 1. The van der Waals surface area contributed by atoms with Gasteiger partial charge in [0.25, 0.3) is 5.91 Å². The summed E-state index contributed by atoms with van der Waals surface area (Å²) in [4.78, 5) is 15.1. The first-order chi connectivity index (χ1) is 9.99. The highest BCUT2D eigenvalue weighted by atomic mass is 32.1. The molecule has 1 aromatic heterocycles. The normalized spacial score (nSPS) is 22.7. The average molecular weight is 306 g/mol. The lowest BCUT2D eigenvalue weighted by Crippen LogP contribution is -2.44. The third-order valence-electron chi connectivity index (χ3n) is 4.27. The van der Waals surface area contributed by atoms with E-state index in [1.54, 1.807) is 12.1 Å². The van der Waals surface area contributed by atoms with Crippen LogP contribution in [0.5, 0.6) is 0 Å². The molecule has 2 unspecified atom stereocenters. The molecule has 0 radical (unpaired) electrons. The first kappa shape index (κ1) is 14.3. The van der Waals surface area contributed by atoms with E-state index in [0.29, 0.717) is 16.2 Å². The molecule has 0 bridgehead atoms. The zero-order valence-electron chi connectivity index (χ0n) is 12.2. The molecular weight excluding hydrogens is 287 g/mol. The molecule has 1 fully saturated rings. The number of carbonyl (C=O) groups excluding carboxylic acids is 1. The maximum atomic E-state index is 13.9. The molecule has 2 heterocycles. The third kappa shape index (κ3) is 2.39.